The number of aryl methyl sites for hydroxylation is 1. The van der Waals surface area contributed by atoms with E-state index < -0.39 is 5.97 Å². The van der Waals surface area contributed by atoms with Gasteiger partial charge in [-0.15, -0.1) is 0 Å². The van der Waals surface area contributed by atoms with Crippen LogP contribution in [0.5, 0.6) is 0 Å². The Morgan fingerprint density at radius 1 is 1.35 bits per heavy atom. The molecule has 5 heteroatoms. The number of benzene rings is 1. The van der Waals surface area contributed by atoms with Crippen LogP contribution in [0.2, 0.25) is 0 Å². The average molecular weight is 314 g/mol. The zero-order chi connectivity index (χ0) is 16.4. The van der Waals surface area contributed by atoms with Crippen molar-refractivity contribution in [1.29, 1.82) is 0 Å². The fraction of sp³-hybridized carbons (Fsp3) is 0.444. The van der Waals surface area contributed by atoms with Crippen molar-refractivity contribution in [2.24, 2.45) is 5.92 Å². The van der Waals surface area contributed by atoms with Crippen LogP contribution in [-0.4, -0.2) is 40.0 Å². The lowest BCUT2D eigenvalue weighted by Gasteiger charge is -2.32. The minimum atomic E-state index is -0.764. The maximum atomic E-state index is 12.7. The second-order valence-corrected chi connectivity index (χ2v) is 6.47. The number of aromatic amines is 1. The largest absolute Gasteiger partial charge is 0.481 e. The van der Waals surface area contributed by atoms with Gasteiger partial charge in [-0.05, 0) is 49.8 Å². The van der Waals surface area contributed by atoms with Crippen LogP contribution >= 0.6 is 0 Å². The average Bonchev–Trinajstić information content (AvgIpc) is 2.95. The van der Waals surface area contributed by atoms with Crippen LogP contribution in [-0.2, 0) is 4.79 Å². The first-order chi connectivity index (χ1) is 11.0. The standard InChI is InChI=1S/C18H22N2O3/c1-12-4-6-14-10-16(19-15(14)9-12)18(23)20-8-2-3-13(11-20)5-7-17(21)22/h4,6,9-10,13,19H,2-3,5,7-8,11H2,1H3,(H,21,22)/t13-/m1/s1. The molecule has 0 radical (unpaired) electrons. The lowest BCUT2D eigenvalue weighted by atomic mass is 9.93. The van der Waals surface area contributed by atoms with E-state index in [4.69, 9.17) is 5.11 Å². The van der Waals surface area contributed by atoms with Crippen molar-refractivity contribution in [2.75, 3.05) is 13.1 Å². The van der Waals surface area contributed by atoms with Gasteiger partial charge in [0.1, 0.15) is 5.69 Å². The molecule has 0 aliphatic carbocycles. The van der Waals surface area contributed by atoms with E-state index in [1.54, 1.807) is 0 Å². The lowest BCUT2D eigenvalue weighted by molar-refractivity contribution is -0.137. The van der Waals surface area contributed by atoms with Gasteiger partial charge in [0.05, 0.1) is 0 Å². The van der Waals surface area contributed by atoms with Crippen molar-refractivity contribution >= 4 is 22.8 Å². The molecule has 1 atom stereocenters. The molecule has 5 nitrogen and oxygen atoms in total. The summed E-state index contributed by atoms with van der Waals surface area (Å²) in [6, 6.07) is 7.99. The van der Waals surface area contributed by atoms with Crippen LogP contribution in [0.25, 0.3) is 10.9 Å². The number of rotatable bonds is 4. The SMILES string of the molecule is Cc1ccc2cc(C(=O)N3CCC[C@H](CCC(=O)O)C3)[nH]c2c1. The molecule has 1 amide bonds. The van der Waals surface area contributed by atoms with Gasteiger partial charge >= 0.3 is 5.97 Å². The molecule has 0 spiro atoms. The Hall–Kier alpha value is -2.30. The smallest absolute Gasteiger partial charge is 0.303 e. The normalized spacial score (nSPS) is 18.3. The maximum absolute atomic E-state index is 12.7. The molecule has 1 fully saturated rings. The summed E-state index contributed by atoms with van der Waals surface area (Å²) in [7, 11) is 0. The van der Waals surface area contributed by atoms with Gasteiger partial charge < -0.3 is 15.0 Å². The highest BCUT2D eigenvalue weighted by molar-refractivity contribution is 5.98. The van der Waals surface area contributed by atoms with E-state index in [0.717, 1.165) is 35.9 Å². The van der Waals surface area contributed by atoms with E-state index in [1.807, 2.05) is 36.1 Å². The van der Waals surface area contributed by atoms with Crippen LogP contribution < -0.4 is 0 Å². The Morgan fingerprint density at radius 3 is 2.96 bits per heavy atom. The highest BCUT2D eigenvalue weighted by Gasteiger charge is 2.25. The number of aliphatic carboxylic acids is 1. The molecule has 2 heterocycles. The molecule has 1 aromatic carbocycles. The van der Waals surface area contributed by atoms with Gasteiger partial charge in [-0.2, -0.15) is 0 Å². The molecule has 3 rings (SSSR count). The number of nitrogens with zero attached hydrogens (tertiary/aromatic N) is 1. The summed E-state index contributed by atoms with van der Waals surface area (Å²) in [5.74, 6) is -0.464. The summed E-state index contributed by atoms with van der Waals surface area (Å²) in [5.41, 5.74) is 2.75. The number of carboxylic acids is 1. The summed E-state index contributed by atoms with van der Waals surface area (Å²) < 4.78 is 0. The Labute approximate surface area is 135 Å². The number of amides is 1. The molecule has 1 aromatic heterocycles. The Morgan fingerprint density at radius 2 is 2.17 bits per heavy atom. The first-order valence-corrected chi connectivity index (χ1v) is 8.13. The fourth-order valence-corrected chi connectivity index (χ4v) is 3.34. The van der Waals surface area contributed by atoms with E-state index in [1.165, 1.54) is 0 Å². The number of hydrogen-bond donors (Lipinski definition) is 2. The molecular weight excluding hydrogens is 292 g/mol. The number of carbonyl (C=O) groups is 2. The summed E-state index contributed by atoms with van der Waals surface area (Å²) >= 11 is 0. The third kappa shape index (κ3) is 3.55. The molecule has 1 aliphatic rings. The zero-order valence-corrected chi connectivity index (χ0v) is 13.3. The van der Waals surface area contributed by atoms with Crippen molar-refractivity contribution in [1.82, 2.24) is 9.88 Å². The highest BCUT2D eigenvalue weighted by atomic mass is 16.4. The van der Waals surface area contributed by atoms with Crippen LogP contribution in [0.15, 0.2) is 24.3 Å². The van der Waals surface area contributed by atoms with E-state index in [0.29, 0.717) is 18.7 Å². The Balaban J connectivity index is 1.71. The van der Waals surface area contributed by atoms with Crippen molar-refractivity contribution < 1.29 is 14.7 Å². The number of H-pyrrole nitrogens is 1. The summed E-state index contributed by atoms with van der Waals surface area (Å²) in [6.07, 6.45) is 2.77. The van der Waals surface area contributed by atoms with Gasteiger partial charge in [-0.25, -0.2) is 0 Å². The summed E-state index contributed by atoms with van der Waals surface area (Å²) in [5, 5.41) is 9.85. The van der Waals surface area contributed by atoms with Crippen molar-refractivity contribution in [3.8, 4) is 0 Å². The third-order valence-corrected chi connectivity index (χ3v) is 4.58. The molecule has 2 aromatic rings. The van der Waals surface area contributed by atoms with Gasteiger partial charge in [0.25, 0.3) is 5.91 Å². The third-order valence-electron chi connectivity index (χ3n) is 4.58. The molecule has 23 heavy (non-hydrogen) atoms. The number of fused-ring (bicyclic) bond motifs is 1. The molecule has 2 N–H and O–H groups in total. The Bertz CT molecular complexity index is 735. The summed E-state index contributed by atoms with van der Waals surface area (Å²) in [4.78, 5) is 28.5. The second-order valence-electron chi connectivity index (χ2n) is 6.47. The number of likely N-dealkylation sites (tertiary alicyclic amines) is 1. The van der Waals surface area contributed by atoms with Gasteiger partial charge in [0.2, 0.25) is 0 Å². The molecule has 122 valence electrons. The first kappa shape index (κ1) is 15.6. The van der Waals surface area contributed by atoms with Crippen molar-refractivity contribution in [3.05, 3.63) is 35.5 Å². The number of piperidine rings is 1. The minimum Gasteiger partial charge on any atom is -0.481 e. The molecule has 1 saturated heterocycles. The lowest BCUT2D eigenvalue weighted by Crippen LogP contribution is -2.40. The van der Waals surface area contributed by atoms with Crippen LogP contribution in [0.3, 0.4) is 0 Å². The van der Waals surface area contributed by atoms with Crippen LogP contribution in [0, 0.1) is 12.8 Å². The molecule has 0 bridgehead atoms. The van der Waals surface area contributed by atoms with E-state index in [9.17, 15) is 9.59 Å². The number of aromatic nitrogens is 1. The minimum absolute atomic E-state index is 0.0129. The number of nitrogens with one attached hydrogen (secondary N) is 1. The maximum Gasteiger partial charge on any atom is 0.303 e. The van der Waals surface area contributed by atoms with E-state index in [-0.39, 0.29) is 18.2 Å². The molecule has 1 aliphatic heterocycles. The monoisotopic (exact) mass is 314 g/mol. The van der Waals surface area contributed by atoms with Gasteiger partial charge in [-0.3, -0.25) is 9.59 Å². The number of carbonyl (C=O) groups excluding carboxylic acids is 1. The summed E-state index contributed by atoms with van der Waals surface area (Å²) in [6.45, 7) is 3.43. The highest BCUT2D eigenvalue weighted by Crippen LogP contribution is 2.24. The quantitative estimate of drug-likeness (QED) is 0.910. The molecule has 0 saturated carbocycles. The van der Waals surface area contributed by atoms with E-state index in [2.05, 4.69) is 4.98 Å². The van der Waals surface area contributed by atoms with Crippen molar-refractivity contribution in [3.63, 3.8) is 0 Å². The zero-order valence-electron chi connectivity index (χ0n) is 13.3. The van der Waals surface area contributed by atoms with Gasteiger partial charge in [-0.1, -0.05) is 12.1 Å². The van der Waals surface area contributed by atoms with Gasteiger partial charge in [0.15, 0.2) is 0 Å². The fourth-order valence-electron chi connectivity index (χ4n) is 3.34. The number of carboxylic acid groups (broad SMARTS) is 1. The number of hydrogen-bond acceptors (Lipinski definition) is 2. The van der Waals surface area contributed by atoms with E-state index >= 15 is 0 Å². The van der Waals surface area contributed by atoms with Crippen molar-refractivity contribution in [2.45, 2.75) is 32.6 Å². The Kier molecular flexibility index (Phi) is 4.37. The predicted molar refractivity (Wildman–Crippen MR) is 88.5 cm³/mol. The first-order valence-electron chi connectivity index (χ1n) is 8.13. The molecular formula is C18H22N2O3. The topological polar surface area (TPSA) is 73.4 Å². The predicted octanol–water partition coefficient (Wildman–Crippen LogP) is 3.19. The van der Waals surface area contributed by atoms with Crippen LogP contribution in [0.4, 0.5) is 0 Å². The van der Waals surface area contributed by atoms with Gasteiger partial charge in [0, 0.05) is 30.4 Å². The molecule has 0 unspecified atom stereocenters. The second kappa shape index (κ2) is 6.44. The van der Waals surface area contributed by atoms with Crippen LogP contribution in [0.1, 0.15) is 41.7 Å².